The molecule has 1 aliphatic rings. The molecule has 1 aromatic heterocycles. The number of pyridine rings is 1. The van der Waals surface area contributed by atoms with Gasteiger partial charge in [-0.15, -0.1) is 0 Å². The molecule has 0 unspecified atom stereocenters. The van der Waals surface area contributed by atoms with Crippen LogP contribution in [0.3, 0.4) is 0 Å². The highest BCUT2D eigenvalue weighted by atomic mass is 16.1. The lowest BCUT2D eigenvalue weighted by Crippen LogP contribution is -2.26. The first kappa shape index (κ1) is 13.8. The molecule has 0 saturated carbocycles. The van der Waals surface area contributed by atoms with Crippen molar-refractivity contribution in [3.8, 4) is 0 Å². The van der Waals surface area contributed by atoms with E-state index in [1.807, 2.05) is 25.3 Å². The highest BCUT2D eigenvalue weighted by Crippen LogP contribution is 2.20. The van der Waals surface area contributed by atoms with Crippen LogP contribution in [0.4, 0.5) is 5.69 Å². The second-order valence-corrected chi connectivity index (χ2v) is 5.43. The Kier molecular flexibility index (Phi) is 4.00. The van der Waals surface area contributed by atoms with Crippen LogP contribution in [-0.4, -0.2) is 23.9 Å². The van der Waals surface area contributed by atoms with Gasteiger partial charge in [-0.25, -0.2) is 0 Å². The Morgan fingerprint density at radius 3 is 2.29 bits per heavy atom. The predicted octanol–water partition coefficient (Wildman–Crippen LogP) is 3.28. The number of rotatable bonds is 3. The van der Waals surface area contributed by atoms with Crippen molar-refractivity contribution in [1.29, 1.82) is 0 Å². The highest BCUT2D eigenvalue weighted by Gasteiger charge is 2.14. The fourth-order valence-electron chi connectivity index (χ4n) is 2.85. The van der Waals surface area contributed by atoms with Gasteiger partial charge < -0.3 is 4.90 Å². The highest BCUT2D eigenvalue weighted by molar-refractivity contribution is 5.94. The van der Waals surface area contributed by atoms with Gasteiger partial charge in [0, 0.05) is 19.5 Å². The van der Waals surface area contributed by atoms with Crippen LogP contribution in [0.2, 0.25) is 0 Å². The zero-order valence-corrected chi connectivity index (χ0v) is 12.4. The van der Waals surface area contributed by atoms with Crippen molar-refractivity contribution in [2.24, 2.45) is 0 Å². The van der Waals surface area contributed by atoms with Gasteiger partial charge in [0.15, 0.2) is 5.78 Å². The number of anilines is 1. The Hall–Kier alpha value is -2.16. The van der Waals surface area contributed by atoms with E-state index in [0.29, 0.717) is 12.1 Å². The van der Waals surface area contributed by atoms with Crippen molar-refractivity contribution in [3.63, 3.8) is 0 Å². The fourth-order valence-corrected chi connectivity index (χ4v) is 2.85. The maximum atomic E-state index is 11.6. The monoisotopic (exact) mass is 280 g/mol. The molecular weight excluding hydrogens is 260 g/mol. The average molecular weight is 280 g/mol. The molecule has 0 radical (unpaired) electrons. The summed E-state index contributed by atoms with van der Waals surface area (Å²) in [4.78, 5) is 18.3. The zero-order valence-electron chi connectivity index (χ0n) is 12.4. The molecule has 2 aromatic rings. The lowest BCUT2D eigenvalue weighted by molar-refractivity contribution is 0.0983. The van der Waals surface area contributed by atoms with Crippen LogP contribution in [0.5, 0.6) is 0 Å². The Bertz CT molecular complexity index is 607. The summed E-state index contributed by atoms with van der Waals surface area (Å²) >= 11 is 0. The van der Waals surface area contributed by atoms with Crippen molar-refractivity contribution in [1.82, 2.24) is 4.98 Å². The number of ketones is 1. The maximum absolute atomic E-state index is 11.6. The lowest BCUT2D eigenvalue weighted by atomic mass is 10.0. The molecule has 0 fully saturated rings. The number of hydrogen-bond acceptors (Lipinski definition) is 3. The van der Waals surface area contributed by atoms with Crippen LogP contribution < -0.4 is 4.90 Å². The second kappa shape index (κ2) is 6.08. The zero-order chi connectivity index (χ0) is 14.7. The summed E-state index contributed by atoms with van der Waals surface area (Å²) in [5.41, 5.74) is 4.58. The summed E-state index contributed by atoms with van der Waals surface area (Å²) in [6.45, 7) is 3.86. The smallest absolute Gasteiger partial charge is 0.180 e. The van der Waals surface area contributed by atoms with Gasteiger partial charge in [-0.2, -0.15) is 0 Å². The predicted molar refractivity (Wildman–Crippen MR) is 84.9 cm³/mol. The number of hydrogen-bond donors (Lipinski definition) is 0. The molecule has 108 valence electrons. The van der Waals surface area contributed by atoms with Gasteiger partial charge in [0.25, 0.3) is 0 Å². The van der Waals surface area contributed by atoms with Crippen molar-refractivity contribution in [3.05, 3.63) is 59.4 Å². The number of carbonyl (C=O) groups is 1. The number of aromatic nitrogens is 1. The van der Waals surface area contributed by atoms with Crippen LogP contribution in [0, 0.1) is 0 Å². The van der Waals surface area contributed by atoms with Crippen LogP contribution in [0.1, 0.15) is 35.0 Å². The first-order valence-corrected chi connectivity index (χ1v) is 7.59. The van der Waals surface area contributed by atoms with Crippen LogP contribution in [-0.2, 0) is 12.8 Å². The molecule has 0 bridgehead atoms. The first-order valence-electron chi connectivity index (χ1n) is 7.59. The van der Waals surface area contributed by atoms with E-state index in [1.165, 1.54) is 11.1 Å². The normalized spacial score (nSPS) is 14.4. The molecular formula is C18H20N2O. The van der Waals surface area contributed by atoms with Crippen LogP contribution in [0.15, 0.2) is 42.6 Å². The Balaban J connectivity index is 1.75. The number of Topliss-reactive ketones (excluding diaryl/α,β-unsaturated/α-hetero) is 1. The molecule has 1 aromatic carbocycles. The van der Waals surface area contributed by atoms with Crippen LogP contribution in [0.25, 0.3) is 0 Å². The van der Waals surface area contributed by atoms with Crippen molar-refractivity contribution < 1.29 is 4.79 Å². The SMILES string of the molecule is CCC(=O)c1ccc(N2CCc3ccccc3CC2)cn1. The molecule has 0 aliphatic carbocycles. The van der Waals surface area contributed by atoms with E-state index in [2.05, 4.69) is 34.1 Å². The fraction of sp³-hybridized carbons (Fsp3) is 0.333. The Morgan fingerprint density at radius 1 is 1.10 bits per heavy atom. The molecule has 3 heteroatoms. The first-order chi connectivity index (χ1) is 10.3. The van der Waals surface area contributed by atoms with Gasteiger partial charge in [0.1, 0.15) is 5.69 Å². The standard InChI is InChI=1S/C18H20N2O/c1-2-18(21)17-8-7-16(13-19-17)20-11-9-14-5-3-4-6-15(14)10-12-20/h3-8,13H,2,9-12H2,1H3. The van der Waals surface area contributed by atoms with E-state index in [4.69, 9.17) is 0 Å². The largest absolute Gasteiger partial charge is 0.370 e. The quantitative estimate of drug-likeness (QED) is 0.809. The van der Waals surface area contributed by atoms with E-state index in [-0.39, 0.29) is 5.78 Å². The van der Waals surface area contributed by atoms with E-state index in [0.717, 1.165) is 31.6 Å². The molecule has 0 atom stereocenters. The topological polar surface area (TPSA) is 33.2 Å². The number of benzene rings is 1. The van der Waals surface area contributed by atoms with E-state index < -0.39 is 0 Å². The summed E-state index contributed by atoms with van der Waals surface area (Å²) < 4.78 is 0. The molecule has 3 nitrogen and oxygen atoms in total. The molecule has 0 amide bonds. The third kappa shape index (κ3) is 2.97. The maximum Gasteiger partial charge on any atom is 0.180 e. The summed E-state index contributed by atoms with van der Waals surface area (Å²) in [5.74, 6) is 0.102. The average Bonchev–Trinajstić information content (AvgIpc) is 2.77. The lowest BCUT2D eigenvalue weighted by Gasteiger charge is -2.22. The second-order valence-electron chi connectivity index (χ2n) is 5.43. The summed E-state index contributed by atoms with van der Waals surface area (Å²) in [6.07, 6.45) is 4.46. The van der Waals surface area contributed by atoms with Crippen molar-refractivity contribution in [2.75, 3.05) is 18.0 Å². The number of nitrogens with zero attached hydrogens (tertiary/aromatic N) is 2. The van der Waals surface area contributed by atoms with E-state index in [9.17, 15) is 4.79 Å². The van der Waals surface area contributed by atoms with Crippen molar-refractivity contribution >= 4 is 11.5 Å². The number of fused-ring (bicyclic) bond motifs is 1. The molecule has 0 N–H and O–H groups in total. The summed E-state index contributed by atoms with van der Waals surface area (Å²) in [7, 11) is 0. The van der Waals surface area contributed by atoms with Crippen molar-refractivity contribution in [2.45, 2.75) is 26.2 Å². The molecule has 2 heterocycles. The van der Waals surface area contributed by atoms with Gasteiger partial charge in [-0.3, -0.25) is 9.78 Å². The minimum atomic E-state index is 0.102. The number of carbonyl (C=O) groups excluding carboxylic acids is 1. The minimum absolute atomic E-state index is 0.102. The molecule has 21 heavy (non-hydrogen) atoms. The van der Waals surface area contributed by atoms with Gasteiger partial charge in [0.05, 0.1) is 11.9 Å². The van der Waals surface area contributed by atoms with Crippen LogP contribution >= 0.6 is 0 Å². The molecule has 1 aliphatic heterocycles. The molecule has 3 rings (SSSR count). The van der Waals surface area contributed by atoms with E-state index in [1.54, 1.807) is 0 Å². The Morgan fingerprint density at radius 2 is 1.76 bits per heavy atom. The van der Waals surface area contributed by atoms with Gasteiger partial charge >= 0.3 is 0 Å². The molecule has 0 saturated heterocycles. The van der Waals surface area contributed by atoms with Gasteiger partial charge in [-0.05, 0) is 36.1 Å². The summed E-state index contributed by atoms with van der Waals surface area (Å²) in [5, 5.41) is 0. The third-order valence-corrected chi connectivity index (χ3v) is 4.14. The third-order valence-electron chi connectivity index (χ3n) is 4.14. The Labute approximate surface area is 125 Å². The van der Waals surface area contributed by atoms with Gasteiger partial charge in [-0.1, -0.05) is 31.2 Å². The minimum Gasteiger partial charge on any atom is -0.370 e. The molecule has 0 spiro atoms. The van der Waals surface area contributed by atoms with E-state index >= 15 is 0 Å². The van der Waals surface area contributed by atoms with Gasteiger partial charge in [0.2, 0.25) is 0 Å². The summed E-state index contributed by atoms with van der Waals surface area (Å²) in [6, 6.07) is 12.5.